The summed E-state index contributed by atoms with van der Waals surface area (Å²) >= 11 is 0. The third kappa shape index (κ3) is 1.75. The van der Waals surface area contributed by atoms with Crippen LogP contribution in [-0.2, 0) is 14.2 Å². The van der Waals surface area contributed by atoms with E-state index in [-0.39, 0.29) is 0 Å². The summed E-state index contributed by atoms with van der Waals surface area (Å²) in [5.41, 5.74) is 0. The highest BCUT2D eigenvalue weighted by Crippen LogP contribution is 2.37. The van der Waals surface area contributed by atoms with Crippen molar-refractivity contribution >= 4 is 0 Å². The Bertz CT molecular complexity index is 268. The standard InChI is InChI=1S/C10H18O6/c1-10(2)15-8-5(12)4(11)7(14-3)6(13)9(8)16-10/h4-9,11-13H,1-3H3/t4-,5+,6-,7+,8-,9+/m0/s1. The van der Waals surface area contributed by atoms with Crippen molar-refractivity contribution in [1.29, 1.82) is 0 Å². The third-order valence-electron chi connectivity index (χ3n) is 3.13. The Kier molecular flexibility index (Phi) is 2.98. The van der Waals surface area contributed by atoms with E-state index in [2.05, 4.69) is 0 Å². The minimum absolute atomic E-state index is 0.682. The molecule has 3 N–H and O–H groups in total. The van der Waals surface area contributed by atoms with Crippen LogP contribution in [0.1, 0.15) is 13.8 Å². The van der Waals surface area contributed by atoms with E-state index < -0.39 is 42.4 Å². The molecule has 0 spiro atoms. The lowest BCUT2D eigenvalue weighted by Gasteiger charge is -2.40. The van der Waals surface area contributed by atoms with E-state index >= 15 is 0 Å². The minimum atomic E-state index is -1.18. The molecule has 16 heavy (non-hydrogen) atoms. The molecule has 0 radical (unpaired) electrons. The van der Waals surface area contributed by atoms with Gasteiger partial charge in [0.1, 0.15) is 36.6 Å². The number of rotatable bonds is 1. The SMILES string of the molecule is CO[C@@H]1[C@@H](O)[C@@H](O)[C@@H]2OC(C)(C)O[C@@H]2[C@H]1O. The number of hydrogen-bond donors (Lipinski definition) is 3. The van der Waals surface area contributed by atoms with Crippen LogP contribution in [0.5, 0.6) is 0 Å². The Morgan fingerprint density at radius 3 is 1.94 bits per heavy atom. The fraction of sp³-hybridized carbons (Fsp3) is 1.00. The van der Waals surface area contributed by atoms with Gasteiger partial charge in [-0.15, -0.1) is 0 Å². The molecule has 0 aromatic rings. The Morgan fingerprint density at radius 1 is 0.938 bits per heavy atom. The average Bonchev–Trinajstić information content (AvgIpc) is 2.52. The van der Waals surface area contributed by atoms with E-state index in [0.29, 0.717) is 0 Å². The molecule has 0 unspecified atom stereocenters. The first-order valence-corrected chi connectivity index (χ1v) is 5.30. The molecule has 1 aliphatic heterocycles. The Labute approximate surface area is 93.7 Å². The lowest BCUT2D eigenvalue weighted by molar-refractivity contribution is -0.200. The number of ether oxygens (including phenoxy) is 3. The van der Waals surface area contributed by atoms with Crippen LogP contribution in [0.25, 0.3) is 0 Å². The molecule has 94 valence electrons. The zero-order chi connectivity index (χ0) is 12.1. The van der Waals surface area contributed by atoms with Crippen molar-refractivity contribution in [3.63, 3.8) is 0 Å². The van der Waals surface area contributed by atoms with Crippen LogP contribution in [0.4, 0.5) is 0 Å². The van der Waals surface area contributed by atoms with Crippen molar-refractivity contribution in [2.75, 3.05) is 7.11 Å². The molecule has 1 saturated carbocycles. The quantitative estimate of drug-likeness (QED) is 0.518. The number of aliphatic hydroxyl groups excluding tert-OH is 3. The van der Waals surface area contributed by atoms with Crippen molar-refractivity contribution in [1.82, 2.24) is 0 Å². The van der Waals surface area contributed by atoms with E-state index in [1.165, 1.54) is 7.11 Å². The first kappa shape index (κ1) is 12.2. The number of methoxy groups -OCH3 is 1. The van der Waals surface area contributed by atoms with Gasteiger partial charge >= 0.3 is 0 Å². The fourth-order valence-corrected chi connectivity index (χ4v) is 2.40. The van der Waals surface area contributed by atoms with Crippen LogP contribution >= 0.6 is 0 Å². The molecule has 6 atom stereocenters. The average molecular weight is 234 g/mol. The van der Waals surface area contributed by atoms with Crippen molar-refractivity contribution in [2.24, 2.45) is 0 Å². The predicted molar refractivity (Wildman–Crippen MR) is 52.6 cm³/mol. The molecule has 0 aromatic heterocycles. The largest absolute Gasteiger partial charge is 0.387 e. The highest BCUT2D eigenvalue weighted by Gasteiger charge is 2.57. The van der Waals surface area contributed by atoms with E-state index in [0.717, 1.165) is 0 Å². The summed E-state index contributed by atoms with van der Waals surface area (Å²) in [4.78, 5) is 0. The maximum Gasteiger partial charge on any atom is 0.164 e. The summed E-state index contributed by atoms with van der Waals surface area (Å²) in [7, 11) is 1.37. The van der Waals surface area contributed by atoms with E-state index in [1.54, 1.807) is 13.8 Å². The molecule has 1 heterocycles. The predicted octanol–water partition coefficient (Wildman–Crippen LogP) is -1.38. The van der Waals surface area contributed by atoms with Crippen LogP contribution in [-0.4, -0.2) is 64.8 Å². The Hall–Kier alpha value is -0.240. The highest BCUT2D eigenvalue weighted by molar-refractivity contribution is 5.04. The molecule has 1 saturated heterocycles. The zero-order valence-corrected chi connectivity index (χ0v) is 9.53. The minimum Gasteiger partial charge on any atom is -0.387 e. The number of fused-ring (bicyclic) bond motifs is 1. The van der Waals surface area contributed by atoms with Crippen LogP contribution in [0.2, 0.25) is 0 Å². The van der Waals surface area contributed by atoms with Gasteiger partial charge < -0.3 is 29.5 Å². The molecule has 2 fully saturated rings. The van der Waals surface area contributed by atoms with E-state index in [9.17, 15) is 15.3 Å². The van der Waals surface area contributed by atoms with Gasteiger partial charge in [-0.3, -0.25) is 0 Å². The van der Waals surface area contributed by atoms with Gasteiger partial charge in [0.25, 0.3) is 0 Å². The summed E-state index contributed by atoms with van der Waals surface area (Å²) in [5.74, 6) is -0.875. The van der Waals surface area contributed by atoms with Gasteiger partial charge in [-0.1, -0.05) is 0 Å². The van der Waals surface area contributed by atoms with Crippen molar-refractivity contribution < 1.29 is 29.5 Å². The highest BCUT2D eigenvalue weighted by atomic mass is 16.8. The summed E-state index contributed by atoms with van der Waals surface area (Å²) in [6.07, 6.45) is -5.60. The fourth-order valence-electron chi connectivity index (χ4n) is 2.40. The molecule has 6 nitrogen and oxygen atoms in total. The molecular weight excluding hydrogens is 216 g/mol. The molecule has 0 aromatic carbocycles. The van der Waals surface area contributed by atoms with Crippen molar-refractivity contribution in [3.8, 4) is 0 Å². The van der Waals surface area contributed by atoms with E-state index in [1.807, 2.05) is 0 Å². The second-order valence-corrected chi connectivity index (χ2v) is 4.74. The van der Waals surface area contributed by atoms with Crippen LogP contribution < -0.4 is 0 Å². The van der Waals surface area contributed by atoms with Gasteiger partial charge in [0.15, 0.2) is 5.79 Å². The number of hydrogen-bond acceptors (Lipinski definition) is 6. The molecule has 1 aliphatic carbocycles. The van der Waals surface area contributed by atoms with Gasteiger partial charge in [-0.25, -0.2) is 0 Å². The lowest BCUT2D eigenvalue weighted by atomic mass is 9.85. The van der Waals surface area contributed by atoms with Crippen molar-refractivity contribution in [2.45, 2.75) is 56.3 Å². The Balaban J connectivity index is 2.23. The lowest BCUT2D eigenvalue weighted by Crippen LogP contribution is -2.63. The summed E-state index contributed by atoms with van der Waals surface area (Å²) in [6, 6.07) is 0. The van der Waals surface area contributed by atoms with Crippen LogP contribution in [0.15, 0.2) is 0 Å². The smallest absolute Gasteiger partial charge is 0.164 e. The van der Waals surface area contributed by atoms with Crippen LogP contribution in [0.3, 0.4) is 0 Å². The van der Waals surface area contributed by atoms with Crippen molar-refractivity contribution in [3.05, 3.63) is 0 Å². The van der Waals surface area contributed by atoms with Gasteiger partial charge in [-0.05, 0) is 13.8 Å². The zero-order valence-electron chi connectivity index (χ0n) is 9.53. The first-order chi connectivity index (χ1) is 7.37. The summed E-state index contributed by atoms with van der Waals surface area (Å²) < 4.78 is 15.9. The topological polar surface area (TPSA) is 88.4 Å². The molecule has 2 rings (SSSR count). The van der Waals surface area contributed by atoms with E-state index in [4.69, 9.17) is 14.2 Å². The third-order valence-corrected chi connectivity index (χ3v) is 3.13. The molecule has 0 amide bonds. The van der Waals surface area contributed by atoms with Gasteiger partial charge in [0.05, 0.1) is 0 Å². The maximum atomic E-state index is 9.96. The van der Waals surface area contributed by atoms with Crippen LogP contribution in [0, 0.1) is 0 Å². The second kappa shape index (κ2) is 3.90. The maximum absolute atomic E-state index is 9.96. The van der Waals surface area contributed by atoms with Gasteiger partial charge in [0, 0.05) is 7.11 Å². The molecule has 6 heteroatoms. The molecule has 0 bridgehead atoms. The van der Waals surface area contributed by atoms with Gasteiger partial charge in [0.2, 0.25) is 0 Å². The Morgan fingerprint density at radius 2 is 1.44 bits per heavy atom. The first-order valence-electron chi connectivity index (χ1n) is 5.30. The molecule has 2 aliphatic rings. The summed E-state index contributed by atoms with van der Waals surface area (Å²) in [6.45, 7) is 3.39. The molecular formula is C10H18O6. The van der Waals surface area contributed by atoms with Gasteiger partial charge in [-0.2, -0.15) is 0 Å². The normalized spacial score (nSPS) is 51.4. The summed E-state index contributed by atoms with van der Waals surface area (Å²) in [5, 5.41) is 29.6. The monoisotopic (exact) mass is 234 g/mol. The number of aliphatic hydroxyl groups is 3. The second-order valence-electron chi connectivity index (χ2n) is 4.74.